The Bertz CT molecular complexity index is 605. The fraction of sp³-hybridized carbons (Fsp3) is 0.870. The van der Waals surface area contributed by atoms with Gasteiger partial charge in [0.15, 0.2) is 0 Å². The molecule has 32 heavy (non-hydrogen) atoms. The van der Waals surface area contributed by atoms with Crippen molar-refractivity contribution in [1.82, 2.24) is 10.2 Å². The molecule has 1 amide bonds. The molecule has 0 aliphatic carbocycles. The lowest BCUT2D eigenvalue weighted by atomic mass is 10.1. The second-order valence-electron chi connectivity index (χ2n) is 10.8. The molecule has 0 radical (unpaired) electrons. The number of carbonyl (C=O) groups is 3. The van der Waals surface area contributed by atoms with Crippen LogP contribution in [0.15, 0.2) is 0 Å². The van der Waals surface area contributed by atoms with Crippen molar-refractivity contribution in [1.29, 1.82) is 0 Å². The van der Waals surface area contributed by atoms with Crippen LogP contribution in [0, 0.1) is 0 Å². The lowest BCUT2D eigenvalue weighted by molar-refractivity contribution is -0.158. The maximum atomic E-state index is 12.5. The number of amides is 1. The van der Waals surface area contributed by atoms with Gasteiger partial charge < -0.3 is 19.5 Å². The van der Waals surface area contributed by atoms with Gasteiger partial charge in [0, 0.05) is 0 Å². The molecule has 0 saturated carbocycles. The number of thioether (sulfide) groups is 1. The minimum atomic E-state index is -0.772. The molecule has 188 valence electrons. The molecule has 0 fully saturated rings. The highest BCUT2D eigenvalue weighted by Crippen LogP contribution is 2.14. The summed E-state index contributed by atoms with van der Waals surface area (Å²) in [7, 11) is 1.89. The summed E-state index contributed by atoms with van der Waals surface area (Å²) in [5, 5.41) is 2.64. The molecule has 1 N–H and O–H groups in total. The number of esters is 2. The molecular formula is C23H44N2O6S. The first-order valence-corrected chi connectivity index (χ1v) is 12.2. The van der Waals surface area contributed by atoms with Crippen molar-refractivity contribution in [2.75, 3.05) is 31.6 Å². The van der Waals surface area contributed by atoms with Gasteiger partial charge in [0.25, 0.3) is 0 Å². The second kappa shape index (κ2) is 13.3. The van der Waals surface area contributed by atoms with Crippen LogP contribution in [0.1, 0.15) is 75.2 Å². The topological polar surface area (TPSA) is 94.2 Å². The van der Waals surface area contributed by atoms with Crippen LogP contribution in [0.2, 0.25) is 0 Å². The smallest absolute Gasteiger partial charge is 0.408 e. The van der Waals surface area contributed by atoms with E-state index in [0.717, 1.165) is 18.7 Å². The zero-order valence-electron chi connectivity index (χ0n) is 21.6. The Morgan fingerprint density at radius 3 is 1.88 bits per heavy atom. The van der Waals surface area contributed by atoms with Gasteiger partial charge >= 0.3 is 18.0 Å². The van der Waals surface area contributed by atoms with E-state index in [1.807, 2.05) is 32.7 Å². The van der Waals surface area contributed by atoms with Crippen LogP contribution in [-0.4, -0.2) is 77.4 Å². The van der Waals surface area contributed by atoms with Crippen LogP contribution in [0.3, 0.4) is 0 Å². The monoisotopic (exact) mass is 476 g/mol. The summed E-state index contributed by atoms with van der Waals surface area (Å²) in [6, 6.07) is -0.772. The molecule has 0 aromatic heterocycles. The number of hydrogen-bond acceptors (Lipinski definition) is 8. The van der Waals surface area contributed by atoms with Crippen LogP contribution in [0.5, 0.6) is 0 Å². The van der Waals surface area contributed by atoms with E-state index < -0.39 is 34.9 Å². The predicted octanol–water partition coefficient (Wildman–Crippen LogP) is 4.01. The lowest BCUT2D eigenvalue weighted by Gasteiger charge is -2.26. The number of ether oxygens (including phenoxy) is 3. The van der Waals surface area contributed by atoms with Crippen molar-refractivity contribution in [2.24, 2.45) is 0 Å². The molecule has 9 heteroatoms. The Balaban J connectivity index is 4.44. The van der Waals surface area contributed by atoms with Gasteiger partial charge in [0.05, 0.1) is 6.54 Å². The van der Waals surface area contributed by atoms with Gasteiger partial charge in [-0.1, -0.05) is 0 Å². The highest BCUT2D eigenvalue weighted by Gasteiger charge is 2.28. The maximum absolute atomic E-state index is 12.5. The predicted molar refractivity (Wildman–Crippen MR) is 129 cm³/mol. The number of nitrogens with zero attached hydrogens (tertiary/aromatic N) is 1. The van der Waals surface area contributed by atoms with E-state index in [1.165, 1.54) is 0 Å². The molecule has 0 spiro atoms. The third-order valence-electron chi connectivity index (χ3n) is 3.58. The van der Waals surface area contributed by atoms with E-state index in [4.69, 9.17) is 14.2 Å². The molecule has 1 atom stereocenters. The number of hydrogen-bond donors (Lipinski definition) is 1. The van der Waals surface area contributed by atoms with E-state index >= 15 is 0 Å². The van der Waals surface area contributed by atoms with Gasteiger partial charge in [-0.25, -0.2) is 9.59 Å². The molecule has 1 unspecified atom stereocenters. The summed E-state index contributed by atoms with van der Waals surface area (Å²) in [5.41, 5.74) is -1.77. The third-order valence-corrected chi connectivity index (χ3v) is 4.68. The van der Waals surface area contributed by atoms with Crippen LogP contribution >= 0.6 is 11.8 Å². The van der Waals surface area contributed by atoms with Gasteiger partial charge in [-0.15, -0.1) is 0 Å². The zero-order valence-corrected chi connectivity index (χ0v) is 22.4. The fourth-order valence-electron chi connectivity index (χ4n) is 2.48. The molecule has 0 aliphatic heterocycles. The van der Waals surface area contributed by atoms with E-state index in [2.05, 4.69) is 5.32 Å². The zero-order chi connectivity index (χ0) is 25.2. The highest BCUT2D eigenvalue weighted by molar-refractivity contribution is 7.99. The Morgan fingerprint density at radius 1 is 0.844 bits per heavy atom. The Morgan fingerprint density at radius 2 is 1.38 bits per heavy atom. The van der Waals surface area contributed by atoms with Crippen molar-refractivity contribution < 1.29 is 28.6 Å². The number of alkyl carbamates (subject to hydrolysis) is 1. The van der Waals surface area contributed by atoms with Gasteiger partial charge in [0.1, 0.15) is 22.8 Å². The van der Waals surface area contributed by atoms with Crippen LogP contribution in [0.4, 0.5) is 4.79 Å². The minimum absolute atomic E-state index is 0.235. The van der Waals surface area contributed by atoms with Gasteiger partial charge in [0.2, 0.25) is 0 Å². The van der Waals surface area contributed by atoms with Crippen molar-refractivity contribution in [3.05, 3.63) is 0 Å². The van der Waals surface area contributed by atoms with E-state index in [1.54, 1.807) is 53.3 Å². The number of likely N-dealkylation sites (N-methyl/N-ethyl adjacent to an activating group) is 1. The van der Waals surface area contributed by atoms with E-state index in [0.29, 0.717) is 12.2 Å². The summed E-state index contributed by atoms with van der Waals surface area (Å²) in [6.45, 7) is 17.2. The van der Waals surface area contributed by atoms with Crippen molar-refractivity contribution in [3.63, 3.8) is 0 Å². The summed E-state index contributed by atoms with van der Waals surface area (Å²) in [5.74, 6) is 0.837. The number of rotatable bonds is 11. The normalized spacial score (nSPS) is 13.5. The molecule has 0 aromatic rings. The Kier molecular flexibility index (Phi) is 12.7. The summed E-state index contributed by atoms with van der Waals surface area (Å²) >= 11 is 1.69. The molecular weight excluding hydrogens is 432 g/mol. The first-order valence-electron chi connectivity index (χ1n) is 11.1. The van der Waals surface area contributed by atoms with Crippen molar-refractivity contribution in [2.45, 2.75) is 98.0 Å². The van der Waals surface area contributed by atoms with Gasteiger partial charge in [-0.2, -0.15) is 11.8 Å². The molecule has 0 aromatic carbocycles. The number of carbonyl (C=O) groups excluding carboxylic acids is 3. The Hall–Kier alpha value is -1.48. The maximum Gasteiger partial charge on any atom is 0.408 e. The third kappa shape index (κ3) is 18.1. The summed E-state index contributed by atoms with van der Waals surface area (Å²) in [6.07, 6.45) is 0.690. The van der Waals surface area contributed by atoms with Crippen LogP contribution in [0.25, 0.3) is 0 Å². The second-order valence-corrected chi connectivity index (χ2v) is 12.0. The quantitative estimate of drug-likeness (QED) is 0.272. The van der Waals surface area contributed by atoms with E-state index in [9.17, 15) is 14.4 Å². The van der Waals surface area contributed by atoms with Crippen molar-refractivity contribution in [3.8, 4) is 0 Å². The largest absolute Gasteiger partial charge is 0.459 e. The average Bonchev–Trinajstić information content (AvgIpc) is 2.51. The van der Waals surface area contributed by atoms with Gasteiger partial charge in [-0.3, -0.25) is 9.69 Å². The SMILES string of the molecule is CN(CCCSCCC(NC(=O)OC(C)(C)C)C(=O)OC(C)(C)C)CC(=O)OC(C)(C)C. The van der Waals surface area contributed by atoms with Gasteiger partial charge in [-0.05, 0) is 100 Å². The molecule has 0 aliphatic rings. The summed E-state index contributed by atoms with van der Waals surface area (Å²) in [4.78, 5) is 38.4. The summed E-state index contributed by atoms with van der Waals surface area (Å²) < 4.78 is 16.0. The van der Waals surface area contributed by atoms with E-state index in [-0.39, 0.29) is 12.5 Å². The highest BCUT2D eigenvalue weighted by atomic mass is 32.2. The minimum Gasteiger partial charge on any atom is -0.459 e. The standard InChI is InChI=1S/C23H44N2O6S/c1-21(2,3)29-18(26)16-25(10)13-11-14-32-15-12-17(19(27)30-22(4,5)6)24-20(28)31-23(7,8)9/h17H,11-16H2,1-10H3,(H,24,28). The lowest BCUT2D eigenvalue weighted by Crippen LogP contribution is -2.46. The number of nitrogens with one attached hydrogen (secondary N) is 1. The average molecular weight is 477 g/mol. The molecule has 0 saturated heterocycles. The Labute approximate surface area is 198 Å². The van der Waals surface area contributed by atoms with Crippen LogP contribution in [-0.2, 0) is 23.8 Å². The van der Waals surface area contributed by atoms with Crippen molar-refractivity contribution >= 4 is 29.8 Å². The molecule has 0 rings (SSSR count). The molecule has 0 heterocycles. The first-order chi connectivity index (χ1) is 14.4. The van der Waals surface area contributed by atoms with Crippen LogP contribution < -0.4 is 5.32 Å². The fourth-order valence-corrected chi connectivity index (χ4v) is 3.42. The molecule has 0 bridgehead atoms. The first kappa shape index (κ1) is 30.5. The molecule has 8 nitrogen and oxygen atoms in total.